The number of rotatable bonds is 3. The largest absolute Gasteiger partial charge is 0.323 e. The minimum atomic E-state index is -0.331. The standard InChI is InChI=1S/C9H10N6OS/c1-5-2-7(14-10)6(3-11-5)8(16)13-9-15-12-4-17-9/h2-4H,10H2,1H3,(H,11,14)(H,13,15,16). The average Bonchev–Trinajstić information content (AvgIpc) is 2.81. The molecule has 0 aliphatic carbocycles. The topological polar surface area (TPSA) is 106 Å². The van der Waals surface area contributed by atoms with Crippen LogP contribution in [0, 0.1) is 6.92 Å². The van der Waals surface area contributed by atoms with Gasteiger partial charge in [0.05, 0.1) is 11.3 Å². The molecule has 0 aromatic carbocycles. The van der Waals surface area contributed by atoms with Crippen molar-refractivity contribution in [2.24, 2.45) is 5.84 Å². The van der Waals surface area contributed by atoms with Gasteiger partial charge in [0, 0.05) is 11.9 Å². The van der Waals surface area contributed by atoms with E-state index in [1.807, 2.05) is 6.92 Å². The maximum atomic E-state index is 11.9. The van der Waals surface area contributed by atoms with Gasteiger partial charge in [0.25, 0.3) is 5.91 Å². The molecule has 0 saturated carbocycles. The maximum Gasteiger partial charge on any atom is 0.261 e. The smallest absolute Gasteiger partial charge is 0.261 e. The van der Waals surface area contributed by atoms with Gasteiger partial charge in [0.1, 0.15) is 5.51 Å². The van der Waals surface area contributed by atoms with Gasteiger partial charge in [-0.15, -0.1) is 10.2 Å². The summed E-state index contributed by atoms with van der Waals surface area (Å²) in [5.41, 5.74) is 5.63. The molecule has 2 aromatic rings. The highest BCUT2D eigenvalue weighted by Crippen LogP contribution is 2.17. The lowest BCUT2D eigenvalue weighted by molar-refractivity contribution is 0.102. The summed E-state index contributed by atoms with van der Waals surface area (Å²) in [7, 11) is 0. The number of nitrogen functional groups attached to an aromatic ring is 1. The van der Waals surface area contributed by atoms with Crippen LogP contribution < -0.4 is 16.6 Å². The van der Waals surface area contributed by atoms with Crippen LogP contribution in [-0.2, 0) is 0 Å². The van der Waals surface area contributed by atoms with Gasteiger partial charge in [-0.2, -0.15) is 0 Å². The summed E-state index contributed by atoms with van der Waals surface area (Å²) >= 11 is 1.24. The van der Waals surface area contributed by atoms with Crippen LogP contribution in [0.25, 0.3) is 0 Å². The van der Waals surface area contributed by atoms with Gasteiger partial charge >= 0.3 is 0 Å². The Hall–Kier alpha value is -2.06. The molecule has 0 atom stereocenters. The Balaban J connectivity index is 2.24. The van der Waals surface area contributed by atoms with Crippen LogP contribution in [0.1, 0.15) is 16.1 Å². The van der Waals surface area contributed by atoms with Gasteiger partial charge in [-0.1, -0.05) is 11.3 Å². The fraction of sp³-hybridized carbons (Fsp3) is 0.111. The van der Waals surface area contributed by atoms with Crippen molar-refractivity contribution in [3.63, 3.8) is 0 Å². The van der Waals surface area contributed by atoms with Crippen LogP contribution in [0.2, 0.25) is 0 Å². The van der Waals surface area contributed by atoms with Gasteiger partial charge in [-0.25, -0.2) is 0 Å². The Morgan fingerprint density at radius 3 is 3.00 bits per heavy atom. The Morgan fingerprint density at radius 2 is 2.35 bits per heavy atom. The van der Waals surface area contributed by atoms with Crippen molar-refractivity contribution < 1.29 is 4.79 Å². The lowest BCUT2D eigenvalue weighted by atomic mass is 10.2. The predicted octanol–water partition coefficient (Wildman–Crippen LogP) is 0.779. The van der Waals surface area contributed by atoms with E-state index >= 15 is 0 Å². The average molecular weight is 250 g/mol. The minimum Gasteiger partial charge on any atom is -0.323 e. The fourth-order valence-electron chi connectivity index (χ4n) is 1.25. The summed E-state index contributed by atoms with van der Waals surface area (Å²) in [5, 5.41) is 10.4. The molecular weight excluding hydrogens is 240 g/mol. The summed E-state index contributed by atoms with van der Waals surface area (Å²) in [6.45, 7) is 1.81. The zero-order valence-corrected chi connectivity index (χ0v) is 9.78. The van der Waals surface area contributed by atoms with Gasteiger partial charge in [-0.3, -0.25) is 20.9 Å². The molecule has 88 valence electrons. The molecule has 2 aromatic heterocycles. The van der Waals surface area contributed by atoms with E-state index < -0.39 is 0 Å². The molecule has 0 unspecified atom stereocenters. The van der Waals surface area contributed by atoms with Crippen LogP contribution in [-0.4, -0.2) is 21.1 Å². The van der Waals surface area contributed by atoms with Gasteiger partial charge in [-0.05, 0) is 13.0 Å². The third-order valence-electron chi connectivity index (χ3n) is 2.02. The van der Waals surface area contributed by atoms with Crippen LogP contribution in [0.4, 0.5) is 10.8 Å². The molecule has 0 saturated heterocycles. The van der Waals surface area contributed by atoms with Crippen LogP contribution in [0.3, 0.4) is 0 Å². The van der Waals surface area contributed by atoms with E-state index in [1.54, 1.807) is 6.07 Å². The number of nitrogens with one attached hydrogen (secondary N) is 2. The number of aromatic nitrogens is 3. The molecule has 0 aliphatic heterocycles. The number of anilines is 2. The second kappa shape index (κ2) is 4.85. The van der Waals surface area contributed by atoms with Gasteiger partial charge in [0.2, 0.25) is 5.13 Å². The molecule has 17 heavy (non-hydrogen) atoms. The maximum absolute atomic E-state index is 11.9. The van der Waals surface area contributed by atoms with Gasteiger partial charge in [0.15, 0.2) is 0 Å². The number of amides is 1. The molecule has 0 spiro atoms. The molecule has 0 bridgehead atoms. The highest BCUT2D eigenvalue weighted by molar-refractivity contribution is 7.13. The second-order valence-electron chi connectivity index (χ2n) is 3.21. The Morgan fingerprint density at radius 1 is 1.53 bits per heavy atom. The number of pyridine rings is 1. The van der Waals surface area contributed by atoms with E-state index in [0.717, 1.165) is 5.69 Å². The summed E-state index contributed by atoms with van der Waals surface area (Å²) in [4.78, 5) is 15.9. The first kappa shape index (κ1) is 11.4. The number of hydrogen-bond acceptors (Lipinski definition) is 7. The number of hydrazine groups is 1. The Kier molecular flexibility index (Phi) is 3.26. The van der Waals surface area contributed by atoms with Crippen molar-refractivity contribution in [1.29, 1.82) is 0 Å². The van der Waals surface area contributed by atoms with Crippen molar-refractivity contribution in [2.45, 2.75) is 6.92 Å². The van der Waals surface area contributed by atoms with E-state index in [1.165, 1.54) is 23.0 Å². The predicted molar refractivity (Wildman–Crippen MR) is 64.6 cm³/mol. The van der Waals surface area contributed by atoms with E-state index in [2.05, 4.69) is 25.9 Å². The zero-order chi connectivity index (χ0) is 12.3. The van der Waals surface area contributed by atoms with Crippen molar-refractivity contribution in [3.05, 3.63) is 29.0 Å². The summed E-state index contributed by atoms with van der Waals surface area (Å²) in [6.07, 6.45) is 1.46. The molecule has 2 rings (SSSR count). The van der Waals surface area contributed by atoms with E-state index in [9.17, 15) is 4.79 Å². The van der Waals surface area contributed by atoms with E-state index in [4.69, 9.17) is 5.84 Å². The third-order valence-corrected chi connectivity index (χ3v) is 2.63. The third kappa shape index (κ3) is 2.55. The monoisotopic (exact) mass is 250 g/mol. The summed E-state index contributed by atoms with van der Waals surface area (Å²) < 4.78 is 0. The number of hydrogen-bond donors (Lipinski definition) is 3. The molecular formula is C9H10N6OS. The van der Waals surface area contributed by atoms with E-state index in [-0.39, 0.29) is 5.91 Å². The first-order valence-corrected chi connectivity index (χ1v) is 5.59. The number of aryl methyl sites for hydroxylation is 1. The molecule has 0 fully saturated rings. The minimum absolute atomic E-state index is 0.331. The normalized spacial score (nSPS) is 10.0. The van der Waals surface area contributed by atoms with Crippen molar-refractivity contribution in [2.75, 3.05) is 10.7 Å². The fourth-order valence-corrected chi connectivity index (χ4v) is 1.69. The van der Waals surface area contributed by atoms with Gasteiger partial charge < -0.3 is 5.43 Å². The highest BCUT2D eigenvalue weighted by atomic mass is 32.1. The second-order valence-corrected chi connectivity index (χ2v) is 4.05. The van der Waals surface area contributed by atoms with Crippen molar-refractivity contribution in [3.8, 4) is 0 Å². The quantitative estimate of drug-likeness (QED) is 0.549. The number of carbonyl (C=O) groups is 1. The first-order chi connectivity index (χ1) is 8.20. The summed E-state index contributed by atoms with van der Waals surface area (Å²) in [6, 6.07) is 1.69. The molecule has 1 amide bonds. The molecule has 0 aliphatic rings. The molecule has 4 N–H and O–H groups in total. The number of nitrogens with two attached hydrogens (primary N) is 1. The molecule has 8 heteroatoms. The van der Waals surface area contributed by atoms with Crippen LogP contribution >= 0.6 is 11.3 Å². The van der Waals surface area contributed by atoms with Crippen molar-refractivity contribution in [1.82, 2.24) is 15.2 Å². The zero-order valence-electron chi connectivity index (χ0n) is 8.97. The van der Waals surface area contributed by atoms with E-state index in [0.29, 0.717) is 16.4 Å². The number of carbonyl (C=O) groups excluding carboxylic acids is 1. The van der Waals surface area contributed by atoms with Crippen LogP contribution in [0.5, 0.6) is 0 Å². The SMILES string of the molecule is Cc1cc(NN)c(C(=O)Nc2nncs2)cn1. The first-order valence-electron chi connectivity index (χ1n) is 4.71. The van der Waals surface area contributed by atoms with Crippen molar-refractivity contribution >= 4 is 28.1 Å². The number of nitrogens with zero attached hydrogens (tertiary/aromatic N) is 3. The Bertz CT molecular complexity index is 526. The highest BCUT2D eigenvalue weighted by Gasteiger charge is 2.13. The molecule has 7 nitrogen and oxygen atoms in total. The molecule has 0 radical (unpaired) electrons. The van der Waals surface area contributed by atoms with Crippen LogP contribution in [0.15, 0.2) is 17.8 Å². The Labute approximate surface area is 101 Å². The summed E-state index contributed by atoms with van der Waals surface area (Å²) in [5.74, 6) is 5.02. The molecule has 2 heterocycles. The lowest BCUT2D eigenvalue weighted by Gasteiger charge is -2.08. The lowest BCUT2D eigenvalue weighted by Crippen LogP contribution is -2.17.